The molecule has 0 unspecified atom stereocenters. The van der Waals surface area contributed by atoms with Crippen molar-refractivity contribution in [3.05, 3.63) is 87.9 Å². The minimum Gasteiger partial charge on any atom is -0.462 e. The average molecular weight is 515 g/mol. The molecule has 1 N–H and O–H groups in total. The summed E-state index contributed by atoms with van der Waals surface area (Å²) in [6.07, 6.45) is 0. The molecular formula is C26H27ClN2O5S. The summed E-state index contributed by atoms with van der Waals surface area (Å²) in [6.45, 7) is 6.88. The van der Waals surface area contributed by atoms with E-state index in [1.165, 1.54) is 30.3 Å². The molecule has 0 saturated heterocycles. The summed E-state index contributed by atoms with van der Waals surface area (Å²) in [5.41, 5.74) is 3.27. The van der Waals surface area contributed by atoms with Crippen LogP contribution in [-0.2, 0) is 19.6 Å². The van der Waals surface area contributed by atoms with Crippen LogP contribution in [0.5, 0.6) is 0 Å². The fourth-order valence-corrected chi connectivity index (χ4v) is 5.10. The van der Waals surface area contributed by atoms with Gasteiger partial charge >= 0.3 is 5.97 Å². The lowest BCUT2D eigenvalue weighted by atomic mass is 10.1. The Balaban J connectivity index is 1.96. The molecule has 0 radical (unpaired) electrons. The van der Waals surface area contributed by atoms with Gasteiger partial charge in [0.25, 0.3) is 10.0 Å². The van der Waals surface area contributed by atoms with Crippen LogP contribution in [0.3, 0.4) is 0 Å². The summed E-state index contributed by atoms with van der Waals surface area (Å²) >= 11 is 6.10. The van der Waals surface area contributed by atoms with E-state index in [0.29, 0.717) is 11.3 Å². The first-order chi connectivity index (χ1) is 16.5. The number of nitrogens with zero attached hydrogens (tertiary/aromatic N) is 1. The van der Waals surface area contributed by atoms with Gasteiger partial charge in [0.2, 0.25) is 5.91 Å². The largest absolute Gasteiger partial charge is 0.462 e. The number of nitrogens with one attached hydrogen (secondary N) is 1. The minimum atomic E-state index is -4.06. The molecule has 7 nitrogen and oxygen atoms in total. The number of benzene rings is 3. The van der Waals surface area contributed by atoms with Gasteiger partial charge in [-0.1, -0.05) is 41.4 Å². The SMILES string of the molecule is CCOC(=O)c1cc(NC(=O)CN(c2cc(C)ccc2C)S(=O)(=O)c2ccc(C)cc2)ccc1Cl. The number of rotatable bonds is 8. The van der Waals surface area contributed by atoms with Crippen molar-refractivity contribution in [1.82, 2.24) is 0 Å². The number of aryl methyl sites for hydroxylation is 3. The van der Waals surface area contributed by atoms with Crippen molar-refractivity contribution in [3.8, 4) is 0 Å². The Morgan fingerprint density at radius 3 is 2.26 bits per heavy atom. The second kappa shape index (κ2) is 10.9. The third-order valence-electron chi connectivity index (χ3n) is 5.27. The number of carbonyl (C=O) groups excluding carboxylic acids is 2. The van der Waals surface area contributed by atoms with Crippen molar-refractivity contribution in [2.45, 2.75) is 32.6 Å². The maximum atomic E-state index is 13.6. The van der Waals surface area contributed by atoms with E-state index >= 15 is 0 Å². The highest BCUT2D eigenvalue weighted by molar-refractivity contribution is 7.92. The number of halogens is 1. The molecule has 0 atom stereocenters. The molecule has 0 spiro atoms. The van der Waals surface area contributed by atoms with E-state index in [4.69, 9.17) is 16.3 Å². The molecule has 0 fully saturated rings. The van der Waals surface area contributed by atoms with E-state index in [9.17, 15) is 18.0 Å². The lowest BCUT2D eigenvalue weighted by Gasteiger charge is -2.26. The van der Waals surface area contributed by atoms with Crippen molar-refractivity contribution >= 4 is 44.9 Å². The standard InChI is InChI=1S/C26H27ClN2O5S/c1-5-34-26(31)22-15-20(10-13-23(22)27)28-25(30)16-29(24-14-18(3)6-9-19(24)4)35(32,33)21-11-7-17(2)8-12-21/h6-15H,5,16H2,1-4H3,(H,28,30). The molecule has 3 rings (SSSR count). The summed E-state index contributed by atoms with van der Waals surface area (Å²) in [6, 6.07) is 16.3. The zero-order valence-electron chi connectivity index (χ0n) is 20.0. The number of carbonyl (C=O) groups is 2. The third kappa shape index (κ3) is 6.21. The van der Waals surface area contributed by atoms with Crippen LogP contribution in [0.25, 0.3) is 0 Å². The fourth-order valence-electron chi connectivity index (χ4n) is 3.42. The molecule has 184 valence electrons. The number of hydrogen-bond acceptors (Lipinski definition) is 5. The van der Waals surface area contributed by atoms with Gasteiger partial charge in [0, 0.05) is 5.69 Å². The predicted molar refractivity (Wildman–Crippen MR) is 138 cm³/mol. The highest BCUT2D eigenvalue weighted by atomic mass is 35.5. The first-order valence-electron chi connectivity index (χ1n) is 11.0. The van der Waals surface area contributed by atoms with Crippen molar-refractivity contribution in [2.24, 2.45) is 0 Å². The molecule has 1 amide bonds. The van der Waals surface area contributed by atoms with Crippen molar-refractivity contribution in [3.63, 3.8) is 0 Å². The number of sulfonamides is 1. The van der Waals surface area contributed by atoms with Crippen LogP contribution in [-0.4, -0.2) is 33.4 Å². The van der Waals surface area contributed by atoms with Crippen molar-refractivity contribution in [1.29, 1.82) is 0 Å². The number of amides is 1. The van der Waals surface area contributed by atoms with Gasteiger partial charge in [0.05, 0.1) is 27.8 Å². The lowest BCUT2D eigenvalue weighted by molar-refractivity contribution is -0.114. The molecule has 0 aliphatic carbocycles. The highest BCUT2D eigenvalue weighted by Crippen LogP contribution is 2.28. The Morgan fingerprint density at radius 2 is 1.60 bits per heavy atom. The summed E-state index contributed by atoms with van der Waals surface area (Å²) in [7, 11) is -4.06. The Labute approximate surface area is 210 Å². The smallest absolute Gasteiger partial charge is 0.339 e. The summed E-state index contributed by atoms with van der Waals surface area (Å²) in [5, 5.41) is 2.84. The summed E-state index contributed by atoms with van der Waals surface area (Å²) < 4.78 is 33.3. The van der Waals surface area contributed by atoms with Crippen LogP contribution >= 0.6 is 11.6 Å². The van der Waals surface area contributed by atoms with Gasteiger partial charge < -0.3 is 10.1 Å². The number of anilines is 2. The molecule has 0 aliphatic rings. The minimum absolute atomic E-state index is 0.0768. The van der Waals surface area contributed by atoms with Gasteiger partial charge in [0.15, 0.2) is 0 Å². The maximum Gasteiger partial charge on any atom is 0.339 e. The van der Waals surface area contributed by atoms with Crippen LogP contribution < -0.4 is 9.62 Å². The van der Waals surface area contributed by atoms with Crippen LogP contribution in [0, 0.1) is 20.8 Å². The van der Waals surface area contributed by atoms with E-state index in [1.807, 2.05) is 26.0 Å². The van der Waals surface area contributed by atoms with Crippen molar-refractivity contribution < 1.29 is 22.7 Å². The maximum absolute atomic E-state index is 13.6. The molecule has 0 heterocycles. The summed E-state index contributed by atoms with van der Waals surface area (Å²) in [4.78, 5) is 25.3. The van der Waals surface area contributed by atoms with Gasteiger partial charge in [-0.05, 0) is 75.2 Å². The van der Waals surface area contributed by atoms with Crippen molar-refractivity contribution in [2.75, 3.05) is 22.8 Å². The normalized spacial score (nSPS) is 11.1. The highest BCUT2D eigenvalue weighted by Gasteiger charge is 2.28. The van der Waals surface area contributed by atoms with Crippen LogP contribution in [0.1, 0.15) is 34.0 Å². The third-order valence-corrected chi connectivity index (χ3v) is 7.38. The van der Waals surface area contributed by atoms with E-state index in [1.54, 1.807) is 32.0 Å². The average Bonchev–Trinajstić information content (AvgIpc) is 2.81. The molecule has 3 aromatic carbocycles. The topological polar surface area (TPSA) is 92.8 Å². The predicted octanol–water partition coefficient (Wildman–Crippen LogP) is 5.28. The zero-order chi connectivity index (χ0) is 25.8. The van der Waals surface area contributed by atoms with Gasteiger partial charge in [-0.2, -0.15) is 0 Å². The van der Waals surface area contributed by atoms with Crippen LogP contribution in [0.4, 0.5) is 11.4 Å². The Morgan fingerprint density at radius 1 is 0.943 bits per heavy atom. The zero-order valence-corrected chi connectivity index (χ0v) is 21.5. The van der Waals surface area contributed by atoms with Gasteiger partial charge in [-0.15, -0.1) is 0 Å². The fraction of sp³-hybridized carbons (Fsp3) is 0.231. The van der Waals surface area contributed by atoms with E-state index < -0.39 is 28.4 Å². The Bertz CT molecular complexity index is 1350. The van der Waals surface area contributed by atoms with Gasteiger partial charge in [-0.25, -0.2) is 13.2 Å². The molecule has 0 bridgehead atoms. The molecule has 0 aliphatic heterocycles. The second-order valence-electron chi connectivity index (χ2n) is 8.08. The number of hydrogen-bond donors (Lipinski definition) is 1. The molecule has 35 heavy (non-hydrogen) atoms. The lowest BCUT2D eigenvalue weighted by Crippen LogP contribution is -2.38. The number of esters is 1. The molecular weight excluding hydrogens is 488 g/mol. The van der Waals surface area contributed by atoms with E-state index in [-0.39, 0.29) is 27.8 Å². The number of ether oxygens (including phenoxy) is 1. The molecule has 9 heteroatoms. The molecule has 0 aromatic heterocycles. The van der Waals surface area contributed by atoms with Crippen LogP contribution in [0.2, 0.25) is 5.02 Å². The molecule has 3 aromatic rings. The monoisotopic (exact) mass is 514 g/mol. The first kappa shape index (κ1) is 26.2. The quantitative estimate of drug-likeness (QED) is 0.413. The summed E-state index contributed by atoms with van der Waals surface area (Å²) in [5.74, 6) is -1.20. The van der Waals surface area contributed by atoms with Crippen LogP contribution in [0.15, 0.2) is 65.6 Å². The van der Waals surface area contributed by atoms with Gasteiger partial charge in [0.1, 0.15) is 6.54 Å². The molecule has 0 saturated carbocycles. The van der Waals surface area contributed by atoms with Gasteiger partial charge in [-0.3, -0.25) is 9.10 Å². The Kier molecular flexibility index (Phi) is 8.19. The van der Waals surface area contributed by atoms with E-state index in [2.05, 4.69) is 5.32 Å². The second-order valence-corrected chi connectivity index (χ2v) is 10.3. The Hall–Kier alpha value is -3.36. The van der Waals surface area contributed by atoms with E-state index in [0.717, 1.165) is 15.4 Å². The first-order valence-corrected chi connectivity index (χ1v) is 12.8.